The molecule has 0 aromatic heterocycles. The topological polar surface area (TPSA) is 9.23 Å². The molecule has 0 bridgehead atoms. The molecule has 20 heavy (non-hydrogen) atoms. The van der Waals surface area contributed by atoms with E-state index in [1.165, 1.54) is 15.6 Å². The first-order valence-electron chi connectivity index (χ1n) is 6.39. The fourth-order valence-electron chi connectivity index (χ4n) is 2.45. The number of thioether (sulfide) groups is 3. The quantitative estimate of drug-likeness (QED) is 0.696. The fourth-order valence-corrected chi connectivity index (χ4v) is 8.72. The Bertz CT molecular complexity index is 610. The summed E-state index contributed by atoms with van der Waals surface area (Å²) in [6.07, 6.45) is 0. The zero-order valence-electron chi connectivity index (χ0n) is 10.7. The van der Waals surface area contributed by atoms with Crippen molar-refractivity contribution in [3.05, 3.63) is 59.9 Å². The lowest BCUT2D eigenvalue weighted by Crippen LogP contribution is -2.14. The van der Waals surface area contributed by atoms with Crippen LogP contribution in [0.3, 0.4) is 0 Å². The summed E-state index contributed by atoms with van der Waals surface area (Å²) < 4.78 is 8.84. The van der Waals surface area contributed by atoms with Gasteiger partial charge in [0.05, 0.1) is 23.4 Å². The van der Waals surface area contributed by atoms with E-state index in [2.05, 4.69) is 45.9 Å². The van der Waals surface area contributed by atoms with Crippen molar-refractivity contribution in [2.24, 2.45) is 0 Å². The molecule has 0 amide bonds. The number of ether oxygens (including phenoxy) is 1. The highest BCUT2D eigenvalue weighted by Gasteiger charge is 2.37. The van der Waals surface area contributed by atoms with Gasteiger partial charge in [0.1, 0.15) is 21.1 Å². The highest BCUT2D eigenvalue weighted by atomic mass is 32.2. The maximum absolute atomic E-state index is 5.82. The molecule has 0 N–H and O–H groups in total. The lowest BCUT2D eigenvalue weighted by molar-refractivity contribution is 0.338. The predicted octanol–water partition coefficient (Wildman–Crippen LogP) is 5.08. The van der Waals surface area contributed by atoms with Crippen LogP contribution in [0.15, 0.2) is 54.4 Å². The Labute approximate surface area is 134 Å². The highest BCUT2D eigenvalue weighted by Crippen LogP contribution is 2.49. The Morgan fingerprint density at radius 3 is 2.85 bits per heavy atom. The first-order chi connectivity index (χ1) is 9.92. The van der Waals surface area contributed by atoms with Crippen molar-refractivity contribution in [2.45, 2.75) is 5.92 Å². The van der Waals surface area contributed by atoms with Gasteiger partial charge < -0.3 is 4.74 Å². The molecule has 4 rings (SSSR count). The molecule has 0 saturated heterocycles. The van der Waals surface area contributed by atoms with Crippen LogP contribution in [-0.2, 0) is 10.9 Å². The van der Waals surface area contributed by atoms with Crippen LogP contribution in [-0.4, -0.2) is 12.4 Å². The van der Waals surface area contributed by atoms with E-state index in [1.54, 1.807) is 4.24 Å². The number of fused-ring (bicyclic) bond motifs is 1. The van der Waals surface area contributed by atoms with Crippen molar-refractivity contribution in [1.82, 2.24) is 0 Å². The van der Waals surface area contributed by atoms with Gasteiger partial charge in [0.2, 0.25) is 4.24 Å². The molecule has 2 unspecified atom stereocenters. The van der Waals surface area contributed by atoms with Gasteiger partial charge in [-0.2, -0.15) is 0 Å². The lowest BCUT2D eigenvalue weighted by atomic mass is 10.0. The molecule has 1 aromatic rings. The third kappa shape index (κ3) is 2.45. The van der Waals surface area contributed by atoms with E-state index < -0.39 is 0 Å². The number of benzene rings is 1. The van der Waals surface area contributed by atoms with Crippen LogP contribution in [0, 0.1) is 0 Å². The van der Waals surface area contributed by atoms with Crippen LogP contribution in [0.1, 0.15) is 11.5 Å². The molecule has 5 heteroatoms. The largest absolute Gasteiger partial charge is 0.492 e. The summed E-state index contributed by atoms with van der Waals surface area (Å²) in [5.41, 5.74) is 1.39. The molecule has 0 fully saturated rings. The second kappa shape index (κ2) is 5.79. The van der Waals surface area contributed by atoms with Gasteiger partial charge in [-0.15, -0.1) is 0 Å². The molecule has 3 aliphatic heterocycles. The van der Waals surface area contributed by atoms with E-state index in [0.717, 1.165) is 12.4 Å². The monoisotopic (exact) mass is 337 g/mol. The Morgan fingerprint density at radius 1 is 1.10 bits per heavy atom. The van der Waals surface area contributed by atoms with E-state index in [-0.39, 0.29) is 10.9 Å². The second-order valence-electron chi connectivity index (χ2n) is 4.61. The maximum atomic E-state index is 5.82. The number of hydrogen-bond acceptors (Lipinski definition) is 4. The molecule has 1 nitrogen and oxygen atoms in total. The molecular weight excluding hydrogens is 324 g/mol. The van der Waals surface area contributed by atoms with Crippen LogP contribution in [0.5, 0.6) is 5.75 Å². The minimum Gasteiger partial charge on any atom is -0.492 e. The van der Waals surface area contributed by atoms with Crippen LogP contribution >= 0.6 is 35.3 Å². The van der Waals surface area contributed by atoms with Crippen molar-refractivity contribution in [2.75, 3.05) is 12.4 Å². The van der Waals surface area contributed by atoms with Crippen LogP contribution < -0.4 is 4.74 Å². The summed E-state index contributed by atoms with van der Waals surface area (Å²) in [6, 6.07) is 8.48. The van der Waals surface area contributed by atoms with Crippen LogP contribution in [0.2, 0.25) is 0 Å². The molecule has 0 saturated carbocycles. The SMILES string of the molecule is C1=CSC(=C2SC=C[S+]2CC2COc3ccccc32)S1. The molecule has 0 spiro atoms. The fraction of sp³-hybridized carbons (Fsp3) is 0.200. The van der Waals surface area contributed by atoms with Gasteiger partial charge in [0.25, 0.3) is 0 Å². The van der Waals surface area contributed by atoms with Gasteiger partial charge in [-0.3, -0.25) is 0 Å². The highest BCUT2D eigenvalue weighted by molar-refractivity contribution is 8.32. The Morgan fingerprint density at radius 2 is 1.95 bits per heavy atom. The molecule has 3 aliphatic rings. The van der Waals surface area contributed by atoms with E-state index in [0.29, 0.717) is 5.92 Å². The Hall–Kier alpha value is -0.360. The smallest absolute Gasteiger partial charge is 0.218 e. The number of para-hydroxylation sites is 1. The van der Waals surface area contributed by atoms with Gasteiger partial charge in [0.15, 0.2) is 0 Å². The maximum Gasteiger partial charge on any atom is 0.218 e. The Kier molecular flexibility index (Phi) is 3.86. The molecule has 102 valence electrons. The lowest BCUT2D eigenvalue weighted by Gasteiger charge is -2.08. The van der Waals surface area contributed by atoms with Crippen LogP contribution in [0.4, 0.5) is 0 Å². The third-order valence-electron chi connectivity index (χ3n) is 3.39. The molecular formula is C15H13OS4+. The van der Waals surface area contributed by atoms with Gasteiger partial charge >= 0.3 is 0 Å². The number of hydrogen-bond donors (Lipinski definition) is 0. The Balaban J connectivity index is 1.55. The van der Waals surface area contributed by atoms with Crippen molar-refractivity contribution in [1.29, 1.82) is 0 Å². The average Bonchev–Trinajstić information content (AvgIpc) is 3.19. The van der Waals surface area contributed by atoms with Gasteiger partial charge in [0, 0.05) is 11.0 Å². The van der Waals surface area contributed by atoms with Gasteiger partial charge in [-0.1, -0.05) is 41.7 Å². The summed E-state index contributed by atoms with van der Waals surface area (Å²) in [5.74, 6) is 2.80. The summed E-state index contributed by atoms with van der Waals surface area (Å²) in [7, 11) is 0.248. The third-order valence-corrected chi connectivity index (χ3v) is 9.73. The predicted molar refractivity (Wildman–Crippen MR) is 95.0 cm³/mol. The van der Waals surface area contributed by atoms with Crippen molar-refractivity contribution in [3.8, 4) is 5.75 Å². The first-order valence-corrected chi connectivity index (χ1v) is 10.5. The summed E-state index contributed by atoms with van der Waals surface area (Å²) in [6.45, 7) is 0.836. The molecule has 3 heterocycles. The minimum absolute atomic E-state index is 0.248. The van der Waals surface area contributed by atoms with E-state index >= 15 is 0 Å². The minimum atomic E-state index is 0.248. The zero-order valence-corrected chi connectivity index (χ0v) is 13.9. The normalized spacial score (nSPS) is 27.2. The number of rotatable bonds is 2. The summed E-state index contributed by atoms with van der Waals surface area (Å²) in [5, 5.41) is 9.00. The second-order valence-corrected chi connectivity index (χ2v) is 9.75. The van der Waals surface area contributed by atoms with Crippen molar-refractivity contribution in [3.63, 3.8) is 0 Å². The van der Waals surface area contributed by atoms with Gasteiger partial charge in [-0.05, 0) is 28.6 Å². The van der Waals surface area contributed by atoms with E-state index in [9.17, 15) is 0 Å². The van der Waals surface area contributed by atoms with Crippen LogP contribution in [0.25, 0.3) is 0 Å². The molecule has 1 aromatic carbocycles. The summed E-state index contributed by atoms with van der Waals surface area (Å²) in [4.78, 5) is 0. The van der Waals surface area contributed by atoms with Crippen molar-refractivity contribution < 1.29 is 4.74 Å². The van der Waals surface area contributed by atoms with Gasteiger partial charge in [-0.25, -0.2) is 0 Å². The van der Waals surface area contributed by atoms with Crippen molar-refractivity contribution >= 4 is 46.2 Å². The standard InChI is InChI=1S/C15H13OS4/c1-2-4-13-12(3-1)11(9-16-13)10-20-8-7-19-15(20)14-17-5-6-18-14/h1-8,11H,9-10H2/q+1. The van der Waals surface area contributed by atoms with E-state index in [1.807, 2.05) is 35.3 Å². The summed E-state index contributed by atoms with van der Waals surface area (Å²) >= 11 is 5.63. The molecule has 2 atom stereocenters. The zero-order chi connectivity index (χ0) is 13.4. The average molecular weight is 338 g/mol. The molecule has 0 radical (unpaired) electrons. The first kappa shape index (κ1) is 13.3. The molecule has 0 aliphatic carbocycles. The van der Waals surface area contributed by atoms with E-state index in [4.69, 9.17) is 4.74 Å².